The molecule has 0 aliphatic carbocycles. The molecule has 1 aliphatic rings. The maximum atomic E-state index is 12.4. The molecule has 0 saturated carbocycles. The Kier molecular flexibility index (Phi) is 6.24. The van der Waals surface area contributed by atoms with Gasteiger partial charge in [-0.2, -0.15) is 0 Å². The van der Waals surface area contributed by atoms with E-state index in [-0.39, 0.29) is 6.03 Å². The highest BCUT2D eigenvalue weighted by atomic mass is 16.2. The lowest BCUT2D eigenvalue weighted by atomic mass is 10.3. The molecule has 1 saturated heterocycles. The fraction of sp³-hybridized carbons (Fsp3) is 0.750. The van der Waals surface area contributed by atoms with Crippen LogP contribution in [0.3, 0.4) is 0 Å². The van der Waals surface area contributed by atoms with E-state index in [4.69, 9.17) is 0 Å². The van der Waals surface area contributed by atoms with Crippen molar-refractivity contribution in [1.29, 1.82) is 0 Å². The van der Waals surface area contributed by atoms with E-state index < -0.39 is 0 Å². The Morgan fingerprint density at radius 1 is 1.45 bits per heavy atom. The second-order valence-electron chi connectivity index (χ2n) is 6.15. The minimum Gasteiger partial charge on any atom is -0.337 e. The molecule has 0 radical (unpaired) electrons. The van der Waals surface area contributed by atoms with Crippen molar-refractivity contribution in [3.8, 4) is 0 Å². The van der Waals surface area contributed by atoms with E-state index in [9.17, 15) is 4.79 Å². The van der Waals surface area contributed by atoms with Crippen molar-refractivity contribution in [1.82, 2.24) is 24.7 Å². The van der Waals surface area contributed by atoms with E-state index in [2.05, 4.69) is 29.0 Å². The molecule has 1 aromatic rings. The first-order chi connectivity index (χ1) is 10.6. The molecule has 2 rings (SSSR count). The van der Waals surface area contributed by atoms with Crippen LogP contribution >= 0.6 is 0 Å². The number of aromatic nitrogens is 2. The fourth-order valence-electron chi connectivity index (χ4n) is 2.90. The Bertz CT molecular complexity index is 467. The van der Waals surface area contributed by atoms with Crippen molar-refractivity contribution >= 4 is 6.03 Å². The number of likely N-dealkylation sites (tertiary alicyclic amines) is 1. The van der Waals surface area contributed by atoms with Crippen LogP contribution in [0.4, 0.5) is 4.79 Å². The van der Waals surface area contributed by atoms with E-state index in [1.165, 1.54) is 12.8 Å². The Balaban J connectivity index is 1.84. The number of hydrogen-bond acceptors (Lipinski definition) is 3. The van der Waals surface area contributed by atoms with Crippen LogP contribution in [-0.2, 0) is 13.6 Å². The van der Waals surface area contributed by atoms with E-state index in [1.54, 1.807) is 6.20 Å². The summed E-state index contributed by atoms with van der Waals surface area (Å²) in [7, 11) is 1.96. The van der Waals surface area contributed by atoms with E-state index in [1.807, 2.05) is 22.7 Å². The van der Waals surface area contributed by atoms with Gasteiger partial charge in [-0.15, -0.1) is 0 Å². The summed E-state index contributed by atoms with van der Waals surface area (Å²) in [6, 6.07) is 0.416. The van der Waals surface area contributed by atoms with Gasteiger partial charge in [0.25, 0.3) is 0 Å². The van der Waals surface area contributed by atoms with E-state index in [0.717, 1.165) is 31.9 Å². The highest BCUT2D eigenvalue weighted by molar-refractivity contribution is 5.74. The number of aryl methyl sites for hydroxylation is 1. The van der Waals surface area contributed by atoms with Crippen molar-refractivity contribution in [2.45, 2.75) is 45.7 Å². The summed E-state index contributed by atoms with van der Waals surface area (Å²) in [5.41, 5.74) is 0. The normalized spacial score (nSPS) is 16.7. The zero-order chi connectivity index (χ0) is 15.9. The maximum Gasteiger partial charge on any atom is 0.317 e. The first-order valence-electron chi connectivity index (χ1n) is 8.34. The van der Waals surface area contributed by atoms with Gasteiger partial charge in [-0.1, -0.05) is 6.92 Å². The average Bonchev–Trinajstić information content (AvgIpc) is 3.16. The number of amides is 2. The Hall–Kier alpha value is -1.56. The fourth-order valence-corrected chi connectivity index (χ4v) is 2.90. The average molecular weight is 307 g/mol. The molecule has 1 aromatic heterocycles. The number of urea groups is 1. The topological polar surface area (TPSA) is 53.4 Å². The second-order valence-corrected chi connectivity index (χ2v) is 6.15. The molecule has 1 aliphatic heterocycles. The molecule has 1 fully saturated rings. The lowest BCUT2D eigenvalue weighted by Crippen LogP contribution is -2.46. The van der Waals surface area contributed by atoms with Gasteiger partial charge in [0.2, 0.25) is 0 Å². The van der Waals surface area contributed by atoms with Crippen LogP contribution in [0, 0.1) is 0 Å². The smallest absolute Gasteiger partial charge is 0.317 e. The molecule has 6 heteroatoms. The van der Waals surface area contributed by atoms with E-state index in [0.29, 0.717) is 19.1 Å². The monoisotopic (exact) mass is 307 g/mol. The third-order valence-corrected chi connectivity index (χ3v) is 4.35. The summed E-state index contributed by atoms with van der Waals surface area (Å²) < 4.78 is 1.96. The number of carbonyl (C=O) groups is 1. The van der Waals surface area contributed by atoms with Gasteiger partial charge in [0.05, 0.1) is 6.54 Å². The zero-order valence-electron chi connectivity index (χ0n) is 14.1. The van der Waals surface area contributed by atoms with Crippen LogP contribution in [-0.4, -0.2) is 57.6 Å². The molecule has 124 valence electrons. The predicted octanol–water partition coefficient (Wildman–Crippen LogP) is 1.83. The molecule has 1 unspecified atom stereocenters. The predicted molar refractivity (Wildman–Crippen MR) is 87.6 cm³/mol. The molecular weight excluding hydrogens is 278 g/mol. The van der Waals surface area contributed by atoms with Gasteiger partial charge in [0.1, 0.15) is 5.82 Å². The lowest BCUT2D eigenvalue weighted by Gasteiger charge is -2.27. The number of rotatable bonds is 7. The summed E-state index contributed by atoms with van der Waals surface area (Å²) in [4.78, 5) is 21.1. The largest absolute Gasteiger partial charge is 0.337 e. The number of carbonyl (C=O) groups excluding carboxylic acids is 1. The van der Waals surface area contributed by atoms with Crippen molar-refractivity contribution in [2.75, 3.05) is 26.2 Å². The first-order valence-corrected chi connectivity index (χ1v) is 8.34. The van der Waals surface area contributed by atoms with Crippen molar-refractivity contribution in [3.05, 3.63) is 18.2 Å². The third kappa shape index (κ3) is 4.47. The summed E-state index contributed by atoms with van der Waals surface area (Å²) in [5.74, 6) is 0.913. The van der Waals surface area contributed by atoms with Gasteiger partial charge < -0.3 is 14.8 Å². The quantitative estimate of drug-likeness (QED) is 0.836. The number of imidazole rings is 1. The summed E-state index contributed by atoms with van der Waals surface area (Å²) in [5, 5.41) is 3.08. The van der Waals surface area contributed by atoms with Gasteiger partial charge in [-0.05, 0) is 39.3 Å². The number of nitrogens with one attached hydrogen (secondary N) is 1. The van der Waals surface area contributed by atoms with Gasteiger partial charge in [-0.25, -0.2) is 9.78 Å². The second kappa shape index (κ2) is 8.17. The first kappa shape index (κ1) is 16.8. The van der Waals surface area contributed by atoms with Gasteiger partial charge in [-0.3, -0.25) is 4.90 Å². The minimum absolute atomic E-state index is 0.0101. The molecule has 22 heavy (non-hydrogen) atoms. The van der Waals surface area contributed by atoms with Crippen LogP contribution < -0.4 is 5.32 Å². The molecular formula is C16H29N5O. The van der Waals surface area contributed by atoms with Crippen LogP contribution in [0.15, 0.2) is 12.4 Å². The Labute approximate surface area is 133 Å². The highest BCUT2D eigenvalue weighted by Crippen LogP contribution is 2.11. The molecule has 6 nitrogen and oxygen atoms in total. The maximum absolute atomic E-state index is 12.4. The third-order valence-electron chi connectivity index (χ3n) is 4.35. The molecule has 2 amide bonds. The minimum atomic E-state index is 0.0101. The van der Waals surface area contributed by atoms with Crippen LogP contribution in [0.25, 0.3) is 0 Å². The molecule has 1 atom stereocenters. The van der Waals surface area contributed by atoms with Crippen LogP contribution in [0.1, 0.15) is 38.9 Å². The SMILES string of the molecule is CCCN(Cc1nccn1C)C(=O)NCC(C)N1CCCC1. The van der Waals surface area contributed by atoms with Gasteiger partial charge in [0, 0.05) is 38.6 Å². The number of hydrogen-bond donors (Lipinski definition) is 1. The molecule has 1 N–H and O–H groups in total. The summed E-state index contributed by atoms with van der Waals surface area (Å²) in [6.07, 6.45) is 7.18. The standard InChI is InChI=1S/C16H29N5O/c1-4-8-21(13-15-17-7-11-19(15)3)16(22)18-12-14(2)20-9-5-6-10-20/h7,11,14H,4-6,8-10,12-13H2,1-3H3,(H,18,22). The molecule has 0 spiro atoms. The number of nitrogens with zero attached hydrogens (tertiary/aromatic N) is 4. The van der Waals surface area contributed by atoms with Crippen LogP contribution in [0.5, 0.6) is 0 Å². The lowest BCUT2D eigenvalue weighted by molar-refractivity contribution is 0.186. The van der Waals surface area contributed by atoms with Crippen molar-refractivity contribution in [3.63, 3.8) is 0 Å². The zero-order valence-corrected chi connectivity index (χ0v) is 14.1. The molecule has 2 heterocycles. The summed E-state index contributed by atoms with van der Waals surface area (Å²) in [6.45, 7) is 8.60. The summed E-state index contributed by atoms with van der Waals surface area (Å²) >= 11 is 0. The van der Waals surface area contributed by atoms with Crippen molar-refractivity contribution < 1.29 is 4.79 Å². The highest BCUT2D eigenvalue weighted by Gasteiger charge is 2.20. The van der Waals surface area contributed by atoms with E-state index >= 15 is 0 Å². The molecule has 0 aromatic carbocycles. The van der Waals surface area contributed by atoms with Crippen molar-refractivity contribution in [2.24, 2.45) is 7.05 Å². The Morgan fingerprint density at radius 3 is 2.77 bits per heavy atom. The Morgan fingerprint density at radius 2 is 2.18 bits per heavy atom. The van der Waals surface area contributed by atoms with Crippen LogP contribution in [0.2, 0.25) is 0 Å². The molecule has 0 bridgehead atoms. The van der Waals surface area contributed by atoms with Gasteiger partial charge >= 0.3 is 6.03 Å². The van der Waals surface area contributed by atoms with Gasteiger partial charge in [0.15, 0.2) is 0 Å².